The van der Waals surface area contributed by atoms with Crippen LogP contribution in [0.3, 0.4) is 0 Å². The molecule has 1 fully saturated rings. The number of aliphatic hydroxyl groups is 1. The molecule has 0 atom stereocenters. The lowest BCUT2D eigenvalue weighted by atomic mass is 9.96. The minimum Gasteiger partial charge on any atom is -0.396 e. The van der Waals surface area contributed by atoms with Crippen molar-refractivity contribution in [1.82, 2.24) is 0 Å². The molecule has 1 saturated heterocycles. The fourth-order valence-electron chi connectivity index (χ4n) is 2.34. The van der Waals surface area contributed by atoms with E-state index in [0.717, 1.165) is 5.56 Å². The van der Waals surface area contributed by atoms with Crippen LogP contribution < -0.4 is 0 Å². The van der Waals surface area contributed by atoms with Crippen LogP contribution in [-0.4, -0.2) is 24.9 Å². The minimum absolute atomic E-state index is 0.165. The van der Waals surface area contributed by atoms with Crippen LogP contribution in [0.15, 0.2) is 24.3 Å². The molecule has 0 aliphatic carbocycles. The molecule has 3 heteroatoms. The zero-order valence-electron chi connectivity index (χ0n) is 11.2. The standard InChI is InChI=1S/C15H22O3/c1-12(2)13-4-6-14(7-5-13)15(8-3-9-16)17-10-11-18-15/h4-7,12,16H,3,8-11H2,1-2H3. The first-order chi connectivity index (χ1) is 8.68. The first-order valence-corrected chi connectivity index (χ1v) is 6.67. The summed E-state index contributed by atoms with van der Waals surface area (Å²) in [6, 6.07) is 8.42. The van der Waals surface area contributed by atoms with Gasteiger partial charge in [0.05, 0.1) is 13.2 Å². The van der Waals surface area contributed by atoms with E-state index in [-0.39, 0.29) is 6.61 Å². The van der Waals surface area contributed by atoms with Gasteiger partial charge in [-0.2, -0.15) is 0 Å². The van der Waals surface area contributed by atoms with E-state index in [4.69, 9.17) is 14.6 Å². The molecule has 1 heterocycles. The molecule has 18 heavy (non-hydrogen) atoms. The predicted molar refractivity (Wildman–Crippen MR) is 70.4 cm³/mol. The van der Waals surface area contributed by atoms with Gasteiger partial charge in [-0.05, 0) is 17.9 Å². The van der Waals surface area contributed by atoms with E-state index >= 15 is 0 Å². The summed E-state index contributed by atoms with van der Waals surface area (Å²) >= 11 is 0. The van der Waals surface area contributed by atoms with E-state index in [1.807, 2.05) is 0 Å². The van der Waals surface area contributed by atoms with E-state index < -0.39 is 5.79 Å². The van der Waals surface area contributed by atoms with Crippen molar-refractivity contribution in [2.24, 2.45) is 0 Å². The quantitative estimate of drug-likeness (QED) is 0.873. The Balaban J connectivity index is 2.20. The Morgan fingerprint density at radius 2 is 1.78 bits per heavy atom. The summed E-state index contributed by atoms with van der Waals surface area (Å²) in [7, 11) is 0. The van der Waals surface area contributed by atoms with E-state index in [1.165, 1.54) is 5.56 Å². The van der Waals surface area contributed by atoms with Crippen LogP contribution in [0.25, 0.3) is 0 Å². The smallest absolute Gasteiger partial charge is 0.195 e. The molecule has 0 spiro atoms. The third kappa shape index (κ3) is 2.74. The summed E-state index contributed by atoms with van der Waals surface area (Å²) in [6.07, 6.45) is 1.39. The Bertz CT molecular complexity index is 364. The fourth-order valence-corrected chi connectivity index (χ4v) is 2.34. The molecule has 0 saturated carbocycles. The molecule has 1 aromatic rings. The van der Waals surface area contributed by atoms with Crippen molar-refractivity contribution in [3.63, 3.8) is 0 Å². The molecule has 0 unspecified atom stereocenters. The summed E-state index contributed by atoms with van der Waals surface area (Å²) in [4.78, 5) is 0. The van der Waals surface area contributed by atoms with Gasteiger partial charge in [-0.15, -0.1) is 0 Å². The number of aliphatic hydroxyl groups excluding tert-OH is 1. The van der Waals surface area contributed by atoms with E-state index in [0.29, 0.717) is 32.0 Å². The van der Waals surface area contributed by atoms with Crippen molar-refractivity contribution < 1.29 is 14.6 Å². The predicted octanol–water partition coefficient (Wildman–Crippen LogP) is 2.78. The van der Waals surface area contributed by atoms with Crippen molar-refractivity contribution in [3.05, 3.63) is 35.4 Å². The Morgan fingerprint density at radius 1 is 1.17 bits per heavy atom. The number of rotatable bonds is 5. The van der Waals surface area contributed by atoms with Crippen LogP contribution in [0.1, 0.15) is 43.7 Å². The first kappa shape index (κ1) is 13.5. The highest BCUT2D eigenvalue weighted by Gasteiger charge is 2.37. The van der Waals surface area contributed by atoms with E-state index in [1.54, 1.807) is 0 Å². The molecule has 0 aromatic heterocycles. The molecule has 3 nitrogen and oxygen atoms in total. The maximum absolute atomic E-state index is 8.99. The molecular formula is C15H22O3. The van der Waals surface area contributed by atoms with E-state index in [9.17, 15) is 0 Å². The van der Waals surface area contributed by atoms with Gasteiger partial charge in [0, 0.05) is 18.6 Å². The normalized spacial score (nSPS) is 18.4. The van der Waals surface area contributed by atoms with Gasteiger partial charge in [0.15, 0.2) is 5.79 Å². The zero-order chi connectivity index (χ0) is 13.0. The highest BCUT2D eigenvalue weighted by atomic mass is 16.7. The van der Waals surface area contributed by atoms with Crippen LogP contribution in [0, 0.1) is 0 Å². The molecule has 0 radical (unpaired) electrons. The molecule has 1 aromatic carbocycles. The van der Waals surface area contributed by atoms with Crippen LogP contribution in [-0.2, 0) is 15.3 Å². The van der Waals surface area contributed by atoms with Crippen LogP contribution in [0.2, 0.25) is 0 Å². The highest BCUT2D eigenvalue weighted by Crippen LogP contribution is 2.36. The Hall–Kier alpha value is -0.900. The third-order valence-electron chi connectivity index (χ3n) is 3.43. The van der Waals surface area contributed by atoms with Gasteiger partial charge in [0.2, 0.25) is 0 Å². The second kappa shape index (κ2) is 5.83. The lowest BCUT2D eigenvalue weighted by molar-refractivity contribution is -0.172. The molecule has 1 N–H and O–H groups in total. The van der Waals surface area contributed by atoms with Gasteiger partial charge in [-0.25, -0.2) is 0 Å². The number of hydrogen-bond acceptors (Lipinski definition) is 3. The summed E-state index contributed by atoms with van der Waals surface area (Å²) in [5.41, 5.74) is 2.37. The van der Waals surface area contributed by atoms with Crippen LogP contribution in [0.5, 0.6) is 0 Å². The number of benzene rings is 1. The number of hydrogen-bond donors (Lipinski definition) is 1. The lowest BCUT2D eigenvalue weighted by Gasteiger charge is -2.28. The SMILES string of the molecule is CC(C)c1ccc(C2(CCCO)OCCO2)cc1. The van der Waals surface area contributed by atoms with Gasteiger partial charge in [0.25, 0.3) is 0 Å². The average molecular weight is 250 g/mol. The van der Waals surface area contributed by atoms with Gasteiger partial charge < -0.3 is 14.6 Å². The first-order valence-electron chi connectivity index (χ1n) is 6.67. The van der Waals surface area contributed by atoms with Gasteiger partial charge >= 0.3 is 0 Å². The Labute approximate surface area is 109 Å². The summed E-state index contributed by atoms with van der Waals surface area (Å²) in [5.74, 6) is -0.115. The fraction of sp³-hybridized carbons (Fsp3) is 0.600. The van der Waals surface area contributed by atoms with Crippen LogP contribution >= 0.6 is 0 Å². The van der Waals surface area contributed by atoms with Crippen molar-refractivity contribution in [2.75, 3.05) is 19.8 Å². The van der Waals surface area contributed by atoms with Crippen LogP contribution in [0.4, 0.5) is 0 Å². The van der Waals surface area contributed by atoms with Crippen molar-refractivity contribution in [1.29, 1.82) is 0 Å². The Morgan fingerprint density at radius 3 is 2.28 bits per heavy atom. The molecule has 0 bridgehead atoms. The monoisotopic (exact) mass is 250 g/mol. The lowest BCUT2D eigenvalue weighted by Crippen LogP contribution is -2.27. The molecule has 1 aliphatic heterocycles. The maximum Gasteiger partial charge on any atom is 0.195 e. The summed E-state index contributed by atoms with van der Waals surface area (Å²) in [6.45, 7) is 5.77. The van der Waals surface area contributed by atoms with E-state index in [2.05, 4.69) is 38.1 Å². The summed E-state index contributed by atoms with van der Waals surface area (Å²) < 4.78 is 11.6. The third-order valence-corrected chi connectivity index (χ3v) is 3.43. The zero-order valence-corrected chi connectivity index (χ0v) is 11.2. The van der Waals surface area contributed by atoms with Crippen molar-refractivity contribution in [2.45, 2.75) is 38.4 Å². The summed E-state index contributed by atoms with van der Waals surface area (Å²) in [5, 5.41) is 8.99. The Kier molecular flexibility index (Phi) is 4.38. The maximum atomic E-state index is 8.99. The topological polar surface area (TPSA) is 38.7 Å². The highest BCUT2D eigenvalue weighted by molar-refractivity contribution is 5.28. The van der Waals surface area contributed by atoms with Gasteiger partial charge in [-0.1, -0.05) is 38.1 Å². The van der Waals surface area contributed by atoms with Gasteiger partial charge in [-0.3, -0.25) is 0 Å². The molecule has 0 amide bonds. The average Bonchev–Trinajstić information content (AvgIpc) is 2.86. The molecule has 100 valence electrons. The molecular weight excluding hydrogens is 228 g/mol. The molecule has 1 aliphatic rings. The second-order valence-electron chi connectivity index (χ2n) is 5.05. The second-order valence-corrected chi connectivity index (χ2v) is 5.05. The largest absolute Gasteiger partial charge is 0.396 e. The number of ether oxygens (including phenoxy) is 2. The minimum atomic E-state index is -0.641. The van der Waals surface area contributed by atoms with Gasteiger partial charge in [0.1, 0.15) is 0 Å². The van der Waals surface area contributed by atoms with Crippen molar-refractivity contribution in [3.8, 4) is 0 Å². The molecule has 2 rings (SSSR count). The van der Waals surface area contributed by atoms with Crippen molar-refractivity contribution >= 4 is 0 Å².